The zero-order chi connectivity index (χ0) is 23.5. The van der Waals surface area contributed by atoms with Crippen LogP contribution in [0.5, 0.6) is 0 Å². The minimum atomic E-state index is -4.45. The number of Topliss-reactive ketones (excluding diaryl/α,β-unsaturated/α-hetero) is 1. The predicted octanol–water partition coefficient (Wildman–Crippen LogP) is 4.77. The van der Waals surface area contributed by atoms with Gasteiger partial charge in [-0.15, -0.1) is 0 Å². The van der Waals surface area contributed by atoms with Crippen molar-refractivity contribution in [3.05, 3.63) is 98.0 Å². The van der Waals surface area contributed by atoms with Crippen LogP contribution in [0, 0.1) is 10.1 Å². The van der Waals surface area contributed by atoms with Crippen LogP contribution in [0.1, 0.15) is 20.7 Å². The van der Waals surface area contributed by atoms with Crippen molar-refractivity contribution in [2.45, 2.75) is 9.79 Å². The summed E-state index contributed by atoms with van der Waals surface area (Å²) >= 11 is 11.7. The number of hydrogen-bond donors (Lipinski definition) is 0. The first kappa shape index (κ1) is 23.4. The molecule has 3 rings (SSSR count). The number of esters is 1. The highest BCUT2D eigenvalue weighted by atomic mass is 35.5. The van der Waals surface area contributed by atoms with Gasteiger partial charge in [-0.3, -0.25) is 14.9 Å². The van der Waals surface area contributed by atoms with E-state index < -0.39 is 48.6 Å². The van der Waals surface area contributed by atoms with Crippen LogP contribution < -0.4 is 0 Å². The Morgan fingerprint density at radius 1 is 0.906 bits per heavy atom. The van der Waals surface area contributed by atoms with E-state index in [1.807, 2.05) is 0 Å². The van der Waals surface area contributed by atoms with Gasteiger partial charge in [0.2, 0.25) is 9.84 Å². The summed E-state index contributed by atoms with van der Waals surface area (Å²) in [6, 6.07) is 14.0. The molecule has 0 atom stereocenters. The molecule has 0 aliphatic heterocycles. The summed E-state index contributed by atoms with van der Waals surface area (Å²) < 4.78 is 31.2. The molecule has 32 heavy (non-hydrogen) atoms. The number of ketones is 1. The van der Waals surface area contributed by atoms with Gasteiger partial charge in [0.15, 0.2) is 12.4 Å². The van der Waals surface area contributed by atoms with Crippen LogP contribution >= 0.6 is 23.2 Å². The molecule has 0 aliphatic rings. The average molecular weight is 494 g/mol. The summed E-state index contributed by atoms with van der Waals surface area (Å²) in [7, 11) is -4.45. The molecule has 0 amide bonds. The number of rotatable bonds is 7. The van der Waals surface area contributed by atoms with E-state index in [1.54, 1.807) is 0 Å². The molecule has 164 valence electrons. The van der Waals surface area contributed by atoms with Crippen LogP contribution in [-0.2, 0) is 14.6 Å². The number of carbonyl (C=O) groups excluding carboxylic acids is 2. The number of nitro groups is 1. The van der Waals surface area contributed by atoms with Crippen molar-refractivity contribution >= 4 is 50.5 Å². The largest absolute Gasteiger partial charge is 0.454 e. The van der Waals surface area contributed by atoms with Crippen molar-refractivity contribution in [3.8, 4) is 0 Å². The van der Waals surface area contributed by atoms with Gasteiger partial charge in [0, 0.05) is 11.6 Å². The van der Waals surface area contributed by atoms with Crippen molar-refractivity contribution in [3.63, 3.8) is 0 Å². The normalized spacial score (nSPS) is 11.1. The maximum atomic E-state index is 13.1. The fourth-order valence-electron chi connectivity index (χ4n) is 2.79. The summed E-state index contributed by atoms with van der Waals surface area (Å²) in [6.45, 7) is -0.684. The minimum Gasteiger partial charge on any atom is -0.454 e. The Labute approximate surface area is 192 Å². The van der Waals surface area contributed by atoms with Crippen molar-refractivity contribution in [1.29, 1.82) is 0 Å². The lowest BCUT2D eigenvalue weighted by molar-refractivity contribution is -0.387. The lowest BCUT2D eigenvalue weighted by Gasteiger charge is -2.11. The highest BCUT2D eigenvalue weighted by molar-refractivity contribution is 7.91. The smallest absolute Gasteiger partial charge is 0.339 e. The number of sulfone groups is 1. The molecule has 0 aromatic heterocycles. The molecule has 0 N–H and O–H groups in total. The second-order valence-electron chi connectivity index (χ2n) is 6.35. The zero-order valence-corrected chi connectivity index (χ0v) is 18.4. The molecule has 0 heterocycles. The fraction of sp³-hybridized carbons (Fsp3) is 0.0476. The maximum absolute atomic E-state index is 13.1. The fourth-order valence-corrected chi connectivity index (χ4v) is 4.69. The van der Waals surface area contributed by atoms with Gasteiger partial charge in [-0.2, -0.15) is 0 Å². The summed E-state index contributed by atoms with van der Waals surface area (Å²) in [4.78, 5) is 34.3. The maximum Gasteiger partial charge on any atom is 0.339 e. The van der Waals surface area contributed by atoms with E-state index in [2.05, 4.69) is 0 Å². The van der Waals surface area contributed by atoms with Gasteiger partial charge >= 0.3 is 5.97 Å². The third-order valence-corrected chi connectivity index (χ3v) is 6.92. The number of halogens is 2. The van der Waals surface area contributed by atoms with Crippen LogP contribution in [0.2, 0.25) is 10.0 Å². The van der Waals surface area contributed by atoms with Crippen molar-refractivity contribution in [1.82, 2.24) is 0 Å². The molecule has 0 aliphatic carbocycles. The second kappa shape index (κ2) is 9.47. The Bertz CT molecular complexity index is 1340. The van der Waals surface area contributed by atoms with Crippen LogP contribution in [0.4, 0.5) is 5.69 Å². The first-order chi connectivity index (χ1) is 15.1. The second-order valence-corrected chi connectivity index (χ2v) is 9.05. The van der Waals surface area contributed by atoms with Gasteiger partial charge in [0.25, 0.3) is 5.69 Å². The van der Waals surface area contributed by atoms with Gasteiger partial charge in [-0.05, 0) is 36.4 Å². The van der Waals surface area contributed by atoms with E-state index in [1.165, 1.54) is 48.5 Å². The lowest BCUT2D eigenvalue weighted by Crippen LogP contribution is -2.17. The first-order valence-electron chi connectivity index (χ1n) is 8.86. The molecular formula is C21H13Cl2NO7S. The number of benzene rings is 3. The van der Waals surface area contributed by atoms with Crippen LogP contribution in [0.3, 0.4) is 0 Å². The molecule has 0 unspecified atom stereocenters. The minimum absolute atomic E-state index is 0.143. The number of nitrogens with zero attached hydrogens (tertiary/aromatic N) is 1. The average Bonchev–Trinajstić information content (AvgIpc) is 2.79. The molecule has 0 saturated carbocycles. The zero-order valence-electron chi connectivity index (χ0n) is 16.0. The summed E-state index contributed by atoms with van der Waals surface area (Å²) in [6.07, 6.45) is 0. The Morgan fingerprint density at radius 2 is 1.53 bits per heavy atom. The van der Waals surface area contributed by atoms with Gasteiger partial charge in [0.05, 0.1) is 25.4 Å². The highest BCUT2D eigenvalue weighted by Crippen LogP contribution is 2.31. The molecule has 0 radical (unpaired) electrons. The molecular weight excluding hydrogens is 481 g/mol. The molecule has 0 saturated heterocycles. The van der Waals surface area contributed by atoms with E-state index >= 15 is 0 Å². The van der Waals surface area contributed by atoms with E-state index in [4.69, 9.17) is 27.9 Å². The number of carbonyl (C=O) groups is 2. The topological polar surface area (TPSA) is 121 Å². The van der Waals surface area contributed by atoms with E-state index in [0.717, 1.165) is 18.2 Å². The third-order valence-electron chi connectivity index (χ3n) is 4.32. The summed E-state index contributed by atoms with van der Waals surface area (Å²) in [5, 5.41) is 11.7. The van der Waals surface area contributed by atoms with Gasteiger partial charge in [-0.25, -0.2) is 13.2 Å². The SMILES string of the molecule is O=C(COC(=O)c1ccccc1S(=O)(=O)c1ccccc1[N+](=O)[O-])c1ccc(Cl)c(Cl)c1. The molecule has 8 nitrogen and oxygen atoms in total. The van der Waals surface area contributed by atoms with E-state index in [9.17, 15) is 28.1 Å². The van der Waals surface area contributed by atoms with Gasteiger partial charge < -0.3 is 4.74 Å². The van der Waals surface area contributed by atoms with Crippen LogP contribution in [0.25, 0.3) is 0 Å². The monoisotopic (exact) mass is 493 g/mol. The van der Waals surface area contributed by atoms with Gasteiger partial charge in [0.1, 0.15) is 4.90 Å². The third kappa shape index (κ3) is 4.80. The van der Waals surface area contributed by atoms with Crippen molar-refractivity contribution in [2.24, 2.45) is 0 Å². The van der Waals surface area contributed by atoms with Crippen molar-refractivity contribution in [2.75, 3.05) is 6.61 Å². The highest BCUT2D eigenvalue weighted by Gasteiger charge is 2.31. The van der Waals surface area contributed by atoms with Crippen LogP contribution in [0.15, 0.2) is 76.5 Å². The summed E-state index contributed by atoms with van der Waals surface area (Å²) in [5.74, 6) is -1.67. The molecule has 11 heteroatoms. The van der Waals surface area contributed by atoms with Gasteiger partial charge in [-0.1, -0.05) is 47.5 Å². The Morgan fingerprint density at radius 3 is 2.19 bits per heavy atom. The van der Waals surface area contributed by atoms with Crippen molar-refractivity contribution < 1.29 is 27.7 Å². The Hall–Kier alpha value is -3.27. The first-order valence-corrected chi connectivity index (χ1v) is 11.1. The summed E-state index contributed by atoms with van der Waals surface area (Å²) in [5.41, 5.74) is -0.855. The number of nitro benzene ring substituents is 1. The Kier molecular flexibility index (Phi) is 6.93. The number of hydrogen-bond acceptors (Lipinski definition) is 7. The number of ether oxygens (including phenoxy) is 1. The number of para-hydroxylation sites is 1. The van der Waals surface area contributed by atoms with Crippen LogP contribution in [-0.4, -0.2) is 31.7 Å². The Balaban J connectivity index is 1.89. The predicted molar refractivity (Wildman–Crippen MR) is 116 cm³/mol. The molecule has 3 aromatic rings. The molecule has 0 fully saturated rings. The lowest BCUT2D eigenvalue weighted by atomic mass is 10.1. The molecule has 0 spiro atoms. The standard InChI is InChI=1S/C21H13Cl2NO7S/c22-15-10-9-13(11-16(15)23)18(25)12-31-21(26)14-5-1-3-7-19(14)32(29,30)20-8-4-2-6-17(20)24(27)28/h1-11H,12H2. The molecule has 3 aromatic carbocycles. The quantitative estimate of drug-likeness (QED) is 0.201. The van der Waals surface area contributed by atoms with E-state index in [-0.39, 0.29) is 21.2 Å². The molecule has 0 bridgehead atoms. The van der Waals surface area contributed by atoms with E-state index in [0.29, 0.717) is 0 Å².